The standard InChI is InChI=1S/C24H26O6/c1-3-17(25)23-19(27)9-15(10-20(23)28)13-5-7-14(8-6-13)16-11-21(29)24(18(26)4-2)22(30)12-16/h5-8,15-16,23-24H,3-4,9-12H2,1-2H3. The van der Waals surface area contributed by atoms with Crippen LogP contribution in [0.1, 0.15) is 75.3 Å². The van der Waals surface area contributed by atoms with E-state index in [0.29, 0.717) is 0 Å². The molecule has 0 aliphatic heterocycles. The molecular formula is C24H26O6. The summed E-state index contributed by atoms with van der Waals surface area (Å²) in [7, 11) is 0. The molecular weight excluding hydrogens is 384 g/mol. The fourth-order valence-electron chi connectivity index (χ4n) is 4.58. The highest BCUT2D eigenvalue weighted by atomic mass is 16.2. The van der Waals surface area contributed by atoms with Gasteiger partial charge in [0.2, 0.25) is 0 Å². The molecule has 3 rings (SSSR count). The summed E-state index contributed by atoms with van der Waals surface area (Å²) in [5.74, 6) is -4.64. The number of Topliss-reactive ketones (excluding diaryl/α,β-unsaturated/α-hetero) is 6. The van der Waals surface area contributed by atoms with E-state index in [-0.39, 0.29) is 85.1 Å². The average Bonchev–Trinajstić information content (AvgIpc) is 2.72. The van der Waals surface area contributed by atoms with Crippen molar-refractivity contribution in [2.24, 2.45) is 11.8 Å². The maximum atomic E-state index is 12.3. The molecule has 0 spiro atoms. The Bertz CT molecular complexity index is 799. The predicted octanol–water partition coefficient (Wildman–Crippen LogP) is 2.91. The van der Waals surface area contributed by atoms with Crippen molar-refractivity contribution in [3.63, 3.8) is 0 Å². The van der Waals surface area contributed by atoms with Crippen molar-refractivity contribution >= 4 is 34.7 Å². The van der Waals surface area contributed by atoms with Crippen molar-refractivity contribution < 1.29 is 28.8 Å². The normalized spacial score (nSPS) is 27.3. The van der Waals surface area contributed by atoms with Crippen LogP contribution in [0.4, 0.5) is 0 Å². The molecule has 6 heteroatoms. The number of hydrogen-bond acceptors (Lipinski definition) is 6. The third-order valence-electron chi connectivity index (χ3n) is 6.30. The summed E-state index contributed by atoms with van der Waals surface area (Å²) in [5, 5.41) is 0. The fraction of sp³-hybridized carbons (Fsp3) is 0.500. The van der Waals surface area contributed by atoms with Crippen molar-refractivity contribution in [1.29, 1.82) is 0 Å². The second-order valence-corrected chi connectivity index (χ2v) is 8.25. The molecule has 6 nitrogen and oxygen atoms in total. The monoisotopic (exact) mass is 410 g/mol. The van der Waals surface area contributed by atoms with Gasteiger partial charge in [-0.3, -0.25) is 28.8 Å². The van der Waals surface area contributed by atoms with Gasteiger partial charge in [-0.1, -0.05) is 38.1 Å². The van der Waals surface area contributed by atoms with Gasteiger partial charge in [-0.25, -0.2) is 0 Å². The van der Waals surface area contributed by atoms with Gasteiger partial charge in [-0.2, -0.15) is 0 Å². The summed E-state index contributed by atoms with van der Waals surface area (Å²) in [6, 6.07) is 7.28. The second-order valence-electron chi connectivity index (χ2n) is 8.25. The van der Waals surface area contributed by atoms with Crippen LogP contribution in [0.3, 0.4) is 0 Å². The first-order valence-corrected chi connectivity index (χ1v) is 10.5. The molecule has 0 amide bonds. The lowest BCUT2D eigenvalue weighted by molar-refractivity contribution is -0.145. The van der Waals surface area contributed by atoms with Crippen molar-refractivity contribution in [1.82, 2.24) is 0 Å². The topological polar surface area (TPSA) is 102 Å². The number of carbonyl (C=O) groups is 6. The van der Waals surface area contributed by atoms with Crippen LogP contribution in [0.15, 0.2) is 24.3 Å². The summed E-state index contributed by atoms with van der Waals surface area (Å²) in [5.41, 5.74) is 1.66. The molecule has 0 N–H and O–H groups in total. The highest BCUT2D eigenvalue weighted by molar-refractivity contribution is 6.21. The molecule has 0 unspecified atom stereocenters. The van der Waals surface area contributed by atoms with Crippen LogP contribution in [0.25, 0.3) is 0 Å². The first-order valence-electron chi connectivity index (χ1n) is 10.5. The quantitative estimate of drug-likeness (QED) is 0.668. The molecule has 0 aromatic heterocycles. The van der Waals surface area contributed by atoms with Crippen molar-refractivity contribution in [2.75, 3.05) is 0 Å². The molecule has 0 bridgehead atoms. The minimum atomic E-state index is -1.11. The summed E-state index contributed by atoms with van der Waals surface area (Å²) >= 11 is 0. The SMILES string of the molecule is CCC(=O)C1C(=O)CC(c2ccc(C3CC(=O)C(C(=O)CC)C(=O)C3)cc2)CC1=O. The average molecular weight is 410 g/mol. The van der Waals surface area contributed by atoms with Gasteiger partial charge in [0, 0.05) is 38.5 Å². The second kappa shape index (κ2) is 8.94. The summed E-state index contributed by atoms with van der Waals surface area (Å²) in [6.45, 7) is 3.30. The Hall–Kier alpha value is -2.76. The van der Waals surface area contributed by atoms with Gasteiger partial charge in [0.05, 0.1) is 0 Å². The lowest BCUT2D eigenvalue weighted by atomic mass is 9.73. The van der Waals surface area contributed by atoms with Crippen LogP contribution in [-0.4, -0.2) is 34.7 Å². The lowest BCUT2D eigenvalue weighted by Gasteiger charge is -2.27. The molecule has 0 radical (unpaired) electrons. The first kappa shape index (κ1) is 21.9. The van der Waals surface area contributed by atoms with Gasteiger partial charge in [0.1, 0.15) is 11.8 Å². The Labute approximate surface area is 175 Å². The van der Waals surface area contributed by atoms with Crippen molar-refractivity contribution in [3.8, 4) is 0 Å². The van der Waals surface area contributed by atoms with Crippen molar-refractivity contribution in [3.05, 3.63) is 35.4 Å². The fourth-order valence-corrected chi connectivity index (χ4v) is 4.58. The molecule has 0 atom stereocenters. The van der Waals surface area contributed by atoms with E-state index >= 15 is 0 Å². The molecule has 30 heavy (non-hydrogen) atoms. The summed E-state index contributed by atoms with van der Waals surface area (Å²) in [6.07, 6.45) is 0.965. The van der Waals surface area contributed by atoms with Crippen LogP contribution < -0.4 is 0 Å². The molecule has 0 heterocycles. The number of rotatable bonds is 6. The van der Waals surface area contributed by atoms with Gasteiger partial charge < -0.3 is 0 Å². The first-order chi connectivity index (χ1) is 14.3. The Kier molecular flexibility index (Phi) is 6.54. The molecule has 2 fully saturated rings. The predicted molar refractivity (Wildman–Crippen MR) is 108 cm³/mol. The Morgan fingerprint density at radius 2 is 0.900 bits per heavy atom. The zero-order chi connectivity index (χ0) is 22.0. The molecule has 1 aromatic carbocycles. The zero-order valence-corrected chi connectivity index (χ0v) is 17.3. The maximum Gasteiger partial charge on any atom is 0.151 e. The van der Waals surface area contributed by atoms with E-state index < -0.39 is 11.8 Å². The minimum Gasteiger partial charge on any atom is -0.298 e. The largest absolute Gasteiger partial charge is 0.298 e. The van der Waals surface area contributed by atoms with Gasteiger partial charge in [-0.05, 0) is 23.0 Å². The van der Waals surface area contributed by atoms with E-state index in [0.717, 1.165) is 11.1 Å². The van der Waals surface area contributed by atoms with E-state index in [1.165, 1.54) is 0 Å². The maximum absolute atomic E-state index is 12.3. The molecule has 0 saturated heterocycles. The van der Waals surface area contributed by atoms with Crippen LogP contribution >= 0.6 is 0 Å². The Balaban J connectivity index is 1.70. The molecule has 1 aromatic rings. The number of ketones is 6. The van der Waals surface area contributed by atoms with Crippen LogP contribution in [0.2, 0.25) is 0 Å². The van der Waals surface area contributed by atoms with Crippen molar-refractivity contribution in [2.45, 2.75) is 64.2 Å². The molecule has 158 valence electrons. The molecule has 2 saturated carbocycles. The van der Waals surface area contributed by atoms with Crippen LogP contribution in [0.5, 0.6) is 0 Å². The van der Waals surface area contributed by atoms with E-state index in [9.17, 15) is 28.8 Å². The van der Waals surface area contributed by atoms with E-state index in [2.05, 4.69) is 0 Å². The number of carbonyl (C=O) groups excluding carboxylic acids is 6. The molecule has 2 aliphatic carbocycles. The van der Waals surface area contributed by atoms with E-state index in [1.807, 2.05) is 24.3 Å². The Morgan fingerprint density at radius 3 is 1.13 bits per heavy atom. The summed E-state index contributed by atoms with van der Waals surface area (Å²) < 4.78 is 0. The number of benzene rings is 1. The van der Waals surface area contributed by atoms with Gasteiger partial charge in [0.25, 0.3) is 0 Å². The van der Waals surface area contributed by atoms with Crippen LogP contribution in [-0.2, 0) is 28.8 Å². The Morgan fingerprint density at radius 1 is 0.633 bits per heavy atom. The van der Waals surface area contributed by atoms with E-state index in [1.54, 1.807) is 13.8 Å². The minimum absolute atomic E-state index is 0.155. The smallest absolute Gasteiger partial charge is 0.151 e. The zero-order valence-electron chi connectivity index (χ0n) is 17.3. The van der Waals surface area contributed by atoms with Gasteiger partial charge in [-0.15, -0.1) is 0 Å². The summed E-state index contributed by atoms with van der Waals surface area (Å²) in [4.78, 5) is 73.1. The van der Waals surface area contributed by atoms with E-state index in [4.69, 9.17) is 0 Å². The van der Waals surface area contributed by atoms with Crippen LogP contribution in [0, 0.1) is 11.8 Å². The molecule has 2 aliphatic rings. The third-order valence-corrected chi connectivity index (χ3v) is 6.30. The van der Waals surface area contributed by atoms with Gasteiger partial charge >= 0.3 is 0 Å². The lowest BCUT2D eigenvalue weighted by Crippen LogP contribution is -2.38. The highest BCUT2D eigenvalue weighted by Crippen LogP contribution is 2.36. The number of hydrogen-bond donors (Lipinski definition) is 0. The highest BCUT2D eigenvalue weighted by Gasteiger charge is 2.41. The third kappa shape index (κ3) is 4.23. The van der Waals surface area contributed by atoms with Gasteiger partial charge in [0.15, 0.2) is 34.7 Å².